The van der Waals surface area contributed by atoms with Gasteiger partial charge in [-0.15, -0.1) is 0 Å². The number of rotatable bonds is 4. The van der Waals surface area contributed by atoms with Crippen molar-refractivity contribution >= 4 is 5.91 Å². The van der Waals surface area contributed by atoms with Crippen molar-refractivity contribution in [2.75, 3.05) is 13.7 Å². The van der Waals surface area contributed by atoms with Gasteiger partial charge in [0.05, 0.1) is 31.0 Å². The lowest BCUT2D eigenvalue weighted by atomic mass is 10.0. The highest BCUT2D eigenvalue weighted by Gasteiger charge is 2.37. The Morgan fingerprint density at radius 2 is 2.16 bits per heavy atom. The van der Waals surface area contributed by atoms with Crippen LogP contribution < -0.4 is 4.74 Å². The Bertz CT molecular complexity index is 769. The number of aromatic nitrogens is 2. The van der Waals surface area contributed by atoms with Gasteiger partial charge in [0.25, 0.3) is 5.91 Å². The van der Waals surface area contributed by atoms with Gasteiger partial charge < -0.3 is 14.7 Å². The molecule has 0 saturated carbocycles. The molecule has 2 aromatic rings. The van der Waals surface area contributed by atoms with Crippen LogP contribution in [0.1, 0.15) is 54.0 Å². The van der Waals surface area contributed by atoms with Gasteiger partial charge in [-0.25, -0.2) is 0 Å². The van der Waals surface area contributed by atoms with E-state index < -0.39 is 6.10 Å². The summed E-state index contributed by atoms with van der Waals surface area (Å²) in [7, 11) is 1.62. The van der Waals surface area contributed by atoms with Crippen LogP contribution in [0.15, 0.2) is 30.5 Å². The van der Waals surface area contributed by atoms with E-state index in [0.29, 0.717) is 18.5 Å². The predicted molar refractivity (Wildman–Crippen MR) is 94.7 cm³/mol. The van der Waals surface area contributed by atoms with Gasteiger partial charge in [-0.2, -0.15) is 5.10 Å². The third-order valence-corrected chi connectivity index (χ3v) is 4.78. The number of nitrogens with zero attached hydrogens (tertiary/aromatic N) is 3. The van der Waals surface area contributed by atoms with Crippen molar-refractivity contribution < 1.29 is 14.6 Å². The van der Waals surface area contributed by atoms with Gasteiger partial charge >= 0.3 is 0 Å². The Labute approximate surface area is 148 Å². The van der Waals surface area contributed by atoms with E-state index in [1.807, 2.05) is 49.7 Å². The Morgan fingerprint density at radius 1 is 1.40 bits per heavy atom. The Kier molecular flexibility index (Phi) is 4.81. The van der Waals surface area contributed by atoms with E-state index in [9.17, 15) is 9.90 Å². The molecule has 0 aliphatic carbocycles. The largest absolute Gasteiger partial charge is 0.497 e. The van der Waals surface area contributed by atoms with Crippen molar-refractivity contribution in [2.24, 2.45) is 0 Å². The second-order valence-corrected chi connectivity index (χ2v) is 6.82. The zero-order chi connectivity index (χ0) is 18.1. The first-order chi connectivity index (χ1) is 11.9. The highest BCUT2D eigenvalue weighted by Crippen LogP contribution is 2.35. The number of hydrogen-bond donors (Lipinski definition) is 1. The molecular weight excluding hydrogens is 318 g/mol. The lowest BCUT2D eigenvalue weighted by Gasteiger charge is -2.25. The summed E-state index contributed by atoms with van der Waals surface area (Å²) in [6.45, 7) is 6.31. The van der Waals surface area contributed by atoms with E-state index in [0.717, 1.165) is 17.0 Å². The van der Waals surface area contributed by atoms with Crippen LogP contribution in [0.5, 0.6) is 5.75 Å². The number of aliphatic hydroxyl groups excluding tert-OH is 1. The van der Waals surface area contributed by atoms with E-state index in [-0.39, 0.29) is 18.0 Å². The summed E-state index contributed by atoms with van der Waals surface area (Å²) >= 11 is 0. The molecule has 1 aliphatic rings. The Balaban J connectivity index is 1.92. The van der Waals surface area contributed by atoms with Crippen LogP contribution in [0.3, 0.4) is 0 Å². The first-order valence-electron chi connectivity index (χ1n) is 8.59. The number of amides is 1. The molecule has 1 saturated heterocycles. The molecule has 1 aromatic heterocycles. The van der Waals surface area contributed by atoms with Crippen molar-refractivity contribution in [2.45, 2.75) is 45.4 Å². The minimum atomic E-state index is -0.527. The van der Waals surface area contributed by atoms with Gasteiger partial charge in [0, 0.05) is 18.3 Å². The molecule has 134 valence electrons. The van der Waals surface area contributed by atoms with Gasteiger partial charge in [0.1, 0.15) is 5.75 Å². The molecule has 6 nitrogen and oxygen atoms in total. The second-order valence-electron chi connectivity index (χ2n) is 6.82. The summed E-state index contributed by atoms with van der Waals surface area (Å²) < 4.78 is 7.14. The van der Waals surface area contributed by atoms with E-state index in [4.69, 9.17) is 4.74 Å². The molecule has 0 radical (unpaired) electrons. The number of benzene rings is 1. The normalized spacial score (nSPS) is 20.3. The molecule has 6 heteroatoms. The standard InChI is InChI=1S/C19H25N3O3/c1-12(2)22-13(3)17(10-20-22)19(24)21-11-15(23)9-18(21)14-6-5-7-16(8-14)25-4/h5-8,10,12,15,18,23H,9,11H2,1-4H3. The zero-order valence-electron chi connectivity index (χ0n) is 15.1. The Hall–Kier alpha value is -2.34. The van der Waals surface area contributed by atoms with Crippen LogP contribution in [-0.4, -0.2) is 45.5 Å². The number of hydrogen-bond acceptors (Lipinski definition) is 4. The van der Waals surface area contributed by atoms with Crippen LogP contribution in [-0.2, 0) is 0 Å². The van der Waals surface area contributed by atoms with E-state index >= 15 is 0 Å². The molecule has 1 N–H and O–H groups in total. The number of ether oxygens (including phenoxy) is 1. The summed E-state index contributed by atoms with van der Waals surface area (Å²) in [4.78, 5) is 14.9. The van der Waals surface area contributed by atoms with E-state index in [1.165, 1.54) is 0 Å². The molecule has 3 rings (SSSR count). The average molecular weight is 343 g/mol. The summed E-state index contributed by atoms with van der Waals surface area (Å²) in [5, 5.41) is 14.5. The summed E-state index contributed by atoms with van der Waals surface area (Å²) in [5.41, 5.74) is 2.42. The van der Waals surface area contributed by atoms with Crippen molar-refractivity contribution in [1.29, 1.82) is 0 Å². The van der Waals surface area contributed by atoms with Gasteiger partial charge in [-0.05, 0) is 44.9 Å². The number of aliphatic hydroxyl groups is 1. The maximum Gasteiger partial charge on any atom is 0.257 e. The molecule has 0 bridgehead atoms. The van der Waals surface area contributed by atoms with Gasteiger partial charge in [0.15, 0.2) is 0 Å². The quantitative estimate of drug-likeness (QED) is 0.927. The first-order valence-corrected chi connectivity index (χ1v) is 8.59. The van der Waals surface area contributed by atoms with Crippen LogP contribution >= 0.6 is 0 Å². The molecule has 0 spiro atoms. The summed E-state index contributed by atoms with van der Waals surface area (Å²) in [6.07, 6.45) is 1.63. The monoisotopic (exact) mass is 343 g/mol. The van der Waals surface area contributed by atoms with Crippen LogP contribution in [0, 0.1) is 6.92 Å². The number of β-amino-alcohol motifs (C(OH)–C–C–N with tert-alkyl or cyclic N) is 1. The third-order valence-electron chi connectivity index (χ3n) is 4.78. The summed E-state index contributed by atoms with van der Waals surface area (Å²) in [6, 6.07) is 7.70. The summed E-state index contributed by atoms with van der Waals surface area (Å²) in [5.74, 6) is 0.656. The smallest absolute Gasteiger partial charge is 0.257 e. The van der Waals surface area contributed by atoms with Gasteiger partial charge in [0.2, 0.25) is 0 Å². The maximum absolute atomic E-state index is 13.1. The molecule has 1 amide bonds. The number of methoxy groups -OCH3 is 1. The van der Waals surface area contributed by atoms with Crippen LogP contribution in [0.25, 0.3) is 0 Å². The molecule has 1 aliphatic heterocycles. The minimum Gasteiger partial charge on any atom is -0.497 e. The third kappa shape index (κ3) is 3.26. The van der Waals surface area contributed by atoms with Crippen molar-refractivity contribution in [3.63, 3.8) is 0 Å². The van der Waals surface area contributed by atoms with Gasteiger partial charge in [-0.3, -0.25) is 9.48 Å². The van der Waals surface area contributed by atoms with Crippen molar-refractivity contribution in [3.8, 4) is 5.75 Å². The molecule has 2 atom stereocenters. The maximum atomic E-state index is 13.1. The molecule has 1 fully saturated rings. The number of carbonyl (C=O) groups excluding carboxylic acids is 1. The first kappa shape index (κ1) is 17.5. The van der Waals surface area contributed by atoms with Crippen LogP contribution in [0.4, 0.5) is 0 Å². The highest BCUT2D eigenvalue weighted by atomic mass is 16.5. The zero-order valence-corrected chi connectivity index (χ0v) is 15.1. The second kappa shape index (κ2) is 6.88. The molecular formula is C19H25N3O3. The fourth-order valence-electron chi connectivity index (χ4n) is 3.51. The topological polar surface area (TPSA) is 67.6 Å². The highest BCUT2D eigenvalue weighted by molar-refractivity contribution is 5.95. The molecule has 2 unspecified atom stereocenters. The molecule has 1 aromatic carbocycles. The van der Waals surface area contributed by atoms with Gasteiger partial charge in [-0.1, -0.05) is 12.1 Å². The number of carbonyl (C=O) groups is 1. The van der Waals surface area contributed by atoms with Crippen molar-refractivity contribution in [3.05, 3.63) is 47.3 Å². The fourth-order valence-corrected chi connectivity index (χ4v) is 3.51. The SMILES string of the molecule is COc1cccc(C2CC(O)CN2C(=O)c2cnn(C(C)C)c2C)c1. The predicted octanol–water partition coefficient (Wildman–Crippen LogP) is 2.73. The van der Waals surface area contributed by atoms with E-state index in [1.54, 1.807) is 18.2 Å². The number of likely N-dealkylation sites (tertiary alicyclic amines) is 1. The molecule has 2 heterocycles. The lowest BCUT2D eigenvalue weighted by molar-refractivity contribution is 0.0714. The fraction of sp³-hybridized carbons (Fsp3) is 0.474. The van der Waals surface area contributed by atoms with Crippen molar-refractivity contribution in [1.82, 2.24) is 14.7 Å². The average Bonchev–Trinajstić information content (AvgIpc) is 3.17. The lowest BCUT2D eigenvalue weighted by Crippen LogP contribution is -2.32. The van der Waals surface area contributed by atoms with E-state index in [2.05, 4.69) is 5.10 Å². The Morgan fingerprint density at radius 3 is 2.80 bits per heavy atom. The molecule has 25 heavy (non-hydrogen) atoms. The van der Waals surface area contributed by atoms with Crippen LogP contribution in [0.2, 0.25) is 0 Å². The minimum absolute atomic E-state index is 0.0891.